The molecule has 0 aliphatic rings. The molecule has 0 radical (unpaired) electrons. The van der Waals surface area contributed by atoms with E-state index in [0.29, 0.717) is 6.61 Å². The van der Waals surface area contributed by atoms with Gasteiger partial charge >= 0.3 is 6.18 Å². The summed E-state index contributed by atoms with van der Waals surface area (Å²) in [7, 11) is 0. The molecule has 0 aromatic heterocycles. The average Bonchev–Trinajstić information content (AvgIpc) is 2.14. The number of nitrogens with one attached hydrogen (secondary N) is 1. The maximum Gasteiger partial charge on any atom is 0.391 e. The summed E-state index contributed by atoms with van der Waals surface area (Å²) in [6.07, 6.45) is -2.08. The molecule has 1 N–H and O–H groups in total. The monoisotopic (exact) mass is 227 g/mol. The molecule has 15 heavy (non-hydrogen) atoms. The SMILES string of the molecule is CCCNCCCCOCCC(F)(F)F. The van der Waals surface area contributed by atoms with Crippen molar-refractivity contribution in [1.82, 2.24) is 5.32 Å². The van der Waals surface area contributed by atoms with Crippen LogP contribution in [0.4, 0.5) is 13.2 Å². The Bertz CT molecular complexity index is 139. The summed E-state index contributed by atoms with van der Waals surface area (Å²) in [5.41, 5.74) is 0. The predicted molar refractivity (Wildman–Crippen MR) is 53.9 cm³/mol. The average molecular weight is 227 g/mol. The molecule has 0 saturated heterocycles. The fourth-order valence-corrected chi connectivity index (χ4v) is 1.05. The summed E-state index contributed by atoms with van der Waals surface area (Å²) in [5, 5.41) is 3.21. The van der Waals surface area contributed by atoms with E-state index in [-0.39, 0.29) is 6.61 Å². The van der Waals surface area contributed by atoms with Gasteiger partial charge in [0.1, 0.15) is 0 Å². The summed E-state index contributed by atoms with van der Waals surface area (Å²) in [5.74, 6) is 0. The number of hydrogen-bond acceptors (Lipinski definition) is 2. The number of hydrogen-bond donors (Lipinski definition) is 1. The normalized spacial score (nSPS) is 12.0. The Morgan fingerprint density at radius 3 is 2.40 bits per heavy atom. The van der Waals surface area contributed by atoms with E-state index in [1.54, 1.807) is 0 Å². The van der Waals surface area contributed by atoms with Crippen LogP contribution in [0.1, 0.15) is 32.6 Å². The zero-order valence-corrected chi connectivity index (χ0v) is 9.20. The minimum absolute atomic E-state index is 0.216. The van der Waals surface area contributed by atoms with Gasteiger partial charge in [0.25, 0.3) is 0 Å². The topological polar surface area (TPSA) is 21.3 Å². The van der Waals surface area contributed by atoms with Crippen molar-refractivity contribution >= 4 is 0 Å². The zero-order chi connectivity index (χ0) is 11.6. The molecule has 5 heteroatoms. The highest BCUT2D eigenvalue weighted by molar-refractivity contribution is 4.49. The summed E-state index contributed by atoms with van der Waals surface area (Å²) in [4.78, 5) is 0. The molecular weight excluding hydrogens is 207 g/mol. The van der Waals surface area contributed by atoms with Crippen LogP contribution in [-0.4, -0.2) is 32.5 Å². The second-order valence-electron chi connectivity index (χ2n) is 3.43. The largest absolute Gasteiger partial charge is 0.391 e. The first-order valence-electron chi connectivity index (χ1n) is 5.41. The highest BCUT2D eigenvalue weighted by Crippen LogP contribution is 2.18. The van der Waals surface area contributed by atoms with Gasteiger partial charge in [0, 0.05) is 6.61 Å². The van der Waals surface area contributed by atoms with Gasteiger partial charge in [-0.2, -0.15) is 13.2 Å². The lowest BCUT2D eigenvalue weighted by atomic mass is 10.3. The number of alkyl halides is 3. The second-order valence-corrected chi connectivity index (χ2v) is 3.43. The highest BCUT2D eigenvalue weighted by atomic mass is 19.4. The van der Waals surface area contributed by atoms with E-state index in [1.165, 1.54) is 0 Å². The fourth-order valence-electron chi connectivity index (χ4n) is 1.05. The Morgan fingerprint density at radius 2 is 1.80 bits per heavy atom. The smallest absolute Gasteiger partial charge is 0.381 e. The molecule has 0 atom stereocenters. The van der Waals surface area contributed by atoms with E-state index in [4.69, 9.17) is 4.74 Å². The maximum atomic E-state index is 11.7. The highest BCUT2D eigenvalue weighted by Gasteiger charge is 2.26. The predicted octanol–water partition coefficient (Wildman–Crippen LogP) is 2.74. The number of unbranched alkanes of at least 4 members (excludes halogenated alkanes) is 1. The van der Waals surface area contributed by atoms with Crippen LogP contribution in [-0.2, 0) is 4.74 Å². The van der Waals surface area contributed by atoms with Crippen LogP contribution in [0.3, 0.4) is 0 Å². The van der Waals surface area contributed by atoms with Crippen molar-refractivity contribution < 1.29 is 17.9 Å². The molecule has 0 aromatic carbocycles. The quantitative estimate of drug-likeness (QED) is 0.611. The molecule has 0 aliphatic heterocycles. The Kier molecular flexibility index (Phi) is 8.80. The Labute approximate surface area is 89.2 Å². The first-order chi connectivity index (χ1) is 7.06. The third-order valence-electron chi connectivity index (χ3n) is 1.85. The third-order valence-corrected chi connectivity index (χ3v) is 1.85. The Hall–Kier alpha value is -0.290. The van der Waals surface area contributed by atoms with E-state index in [0.717, 1.165) is 32.4 Å². The molecule has 92 valence electrons. The number of rotatable bonds is 9. The lowest BCUT2D eigenvalue weighted by Crippen LogP contribution is -2.16. The molecule has 0 unspecified atom stereocenters. The van der Waals surface area contributed by atoms with Crippen LogP contribution in [0.15, 0.2) is 0 Å². The van der Waals surface area contributed by atoms with E-state index in [1.807, 2.05) is 0 Å². The molecule has 0 spiro atoms. The van der Waals surface area contributed by atoms with Gasteiger partial charge < -0.3 is 10.1 Å². The second kappa shape index (κ2) is 8.97. The molecule has 0 rings (SSSR count). The van der Waals surface area contributed by atoms with Crippen molar-refractivity contribution in [2.45, 2.75) is 38.8 Å². The van der Waals surface area contributed by atoms with Gasteiger partial charge in [-0.1, -0.05) is 6.92 Å². The molecule has 0 fully saturated rings. The van der Waals surface area contributed by atoms with E-state index in [2.05, 4.69) is 12.2 Å². The minimum Gasteiger partial charge on any atom is -0.381 e. The van der Waals surface area contributed by atoms with Gasteiger partial charge in [-0.3, -0.25) is 0 Å². The fraction of sp³-hybridized carbons (Fsp3) is 1.00. The number of halogens is 3. The Balaban J connectivity index is 2.99. The first kappa shape index (κ1) is 14.7. The zero-order valence-electron chi connectivity index (χ0n) is 9.20. The summed E-state index contributed by atoms with van der Waals surface area (Å²) < 4.78 is 39.9. The van der Waals surface area contributed by atoms with E-state index >= 15 is 0 Å². The lowest BCUT2D eigenvalue weighted by molar-refractivity contribution is -0.145. The van der Waals surface area contributed by atoms with Gasteiger partial charge in [-0.05, 0) is 32.4 Å². The maximum absolute atomic E-state index is 11.7. The molecule has 0 saturated carbocycles. The van der Waals surface area contributed by atoms with Crippen molar-refractivity contribution in [3.05, 3.63) is 0 Å². The van der Waals surface area contributed by atoms with Crippen LogP contribution >= 0.6 is 0 Å². The van der Waals surface area contributed by atoms with Crippen LogP contribution in [0.25, 0.3) is 0 Å². The standard InChI is InChI=1S/C10H20F3NO/c1-2-6-14-7-3-4-8-15-9-5-10(11,12)13/h14H,2-9H2,1H3. The van der Waals surface area contributed by atoms with E-state index < -0.39 is 12.6 Å². The van der Waals surface area contributed by atoms with Gasteiger partial charge in [0.15, 0.2) is 0 Å². The first-order valence-corrected chi connectivity index (χ1v) is 5.41. The summed E-state index contributed by atoms with van der Waals surface area (Å²) >= 11 is 0. The van der Waals surface area contributed by atoms with Crippen LogP contribution in [0, 0.1) is 0 Å². The van der Waals surface area contributed by atoms with Gasteiger partial charge in [-0.15, -0.1) is 0 Å². The lowest BCUT2D eigenvalue weighted by Gasteiger charge is -2.07. The van der Waals surface area contributed by atoms with Crippen molar-refractivity contribution in [2.75, 3.05) is 26.3 Å². The molecule has 0 amide bonds. The third kappa shape index (κ3) is 13.7. The van der Waals surface area contributed by atoms with Gasteiger partial charge in [0.2, 0.25) is 0 Å². The van der Waals surface area contributed by atoms with E-state index in [9.17, 15) is 13.2 Å². The van der Waals surface area contributed by atoms with Crippen LogP contribution in [0.5, 0.6) is 0 Å². The molecule has 2 nitrogen and oxygen atoms in total. The van der Waals surface area contributed by atoms with Crippen molar-refractivity contribution in [1.29, 1.82) is 0 Å². The van der Waals surface area contributed by atoms with Gasteiger partial charge in [0.05, 0.1) is 13.0 Å². The molecule has 0 aliphatic carbocycles. The molecule has 0 bridgehead atoms. The van der Waals surface area contributed by atoms with Crippen LogP contribution < -0.4 is 5.32 Å². The van der Waals surface area contributed by atoms with Crippen molar-refractivity contribution in [2.24, 2.45) is 0 Å². The molecule has 0 aromatic rings. The number of ether oxygens (including phenoxy) is 1. The van der Waals surface area contributed by atoms with Crippen molar-refractivity contribution in [3.63, 3.8) is 0 Å². The Morgan fingerprint density at radius 1 is 1.07 bits per heavy atom. The summed E-state index contributed by atoms with van der Waals surface area (Å²) in [6.45, 7) is 4.20. The van der Waals surface area contributed by atoms with Gasteiger partial charge in [-0.25, -0.2) is 0 Å². The van der Waals surface area contributed by atoms with Crippen molar-refractivity contribution in [3.8, 4) is 0 Å². The molecule has 0 heterocycles. The molecular formula is C10H20F3NO. The minimum atomic E-state index is -4.09. The summed E-state index contributed by atoms with van der Waals surface area (Å²) in [6, 6.07) is 0. The van der Waals surface area contributed by atoms with Crippen LogP contribution in [0.2, 0.25) is 0 Å².